The largest absolute Gasteiger partial charge is 0.322 e. The molecule has 9 nitrogen and oxygen atoms in total. The number of anilines is 1. The van der Waals surface area contributed by atoms with E-state index in [2.05, 4.69) is 25.6 Å². The maximum atomic E-state index is 12.4. The van der Waals surface area contributed by atoms with Crippen LogP contribution in [0.4, 0.5) is 5.69 Å². The van der Waals surface area contributed by atoms with Crippen LogP contribution < -0.4 is 10.0 Å². The van der Waals surface area contributed by atoms with E-state index < -0.39 is 15.6 Å². The summed E-state index contributed by atoms with van der Waals surface area (Å²) in [6.07, 6.45) is 1.47. The maximum absolute atomic E-state index is 12.4. The topological polar surface area (TPSA) is 119 Å². The van der Waals surface area contributed by atoms with Crippen molar-refractivity contribution in [2.75, 3.05) is 5.32 Å². The number of tetrazole rings is 1. The number of nitrogens with zero attached hydrogens (tertiary/aromatic N) is 4. The summed E-state index contributed by atoms with van der Waals surface area (Å²) in [5, 5.41) is 13.7. The fraction of sp³-hybridized carbons (Fsp3) is 0.222. The van der Waals surface area contributed by atoms with Gasteiger partial charge in [-0.2, -0.15) is 0 Å². The normalized spacial score (nSPS) is 12.0. The van der Waals surface area contributed by atoms with E-state index in [0.29, 0.717) is 11.3 Å². The molecule has 0 atom stereocenters. The van der Waals surface area contributed by atoms with Gasteiger partial charge in [-0.3, -0.25) is 4.79 Å². The van der Waals surface area contributed by atoms with Gasteiger partial charge in [-0.05, 0) is 79.7 Å². The third-order valence-electron chi connectivity index (χ3n) is 3.61. The lowest BCUT2D eigenvalue weighted by Crippen LogP contribution is -2.40. The molecule has 146 valence electrons. The van der Waals surface area contributed by atoms with E-state index in [1.54, 1.807) is 45.0 Å². The smallest absolute Gasteiger partial charge is 0.255 e. The van der Waals surface area contributed by atoms with Gasteiger partial charge in [0.25, 0.3) is 5.91 Å². The summed E-state index contributed by atoms with van der Waals surface area (Å²) in [6.45, 7) is 5.28. The molecule has 0 aliphatic rings. The zero-order chi connectivity index (χ0) is 20.4. The summed E-state index contributed by atoms with van der Waals surface area (Å²) in [7, 11) is -3.65. The molecule has 0 spiro atoms. The molecule has 0 saturated heterocycles. The summed E-state index contributed by atoms with van der Waals surface area (Å²) >= 11 is 0. The molecular weight excluding hydrogens is 380 g/mol. The lowest BCUT2D eigenvalue weighted by atomic mass is 10.1. The van der Waals surface area contributed by atoms with Gasteiger partial charge >= 0.3 is 0 Å². The molecule has 10 heteroatoms. The van der Waals surface area contributed by atoms with E-state index in [1.165, 1.54) is 35.3 Å². The first-order chi connectivity index (χ1) is 13.1. The van der Waals surface area contributed by atoms with Crippen molar-refractivity contribution < 1.29 is 13.2 Å². The molecule has 0 bridgehead atoms. The van der Waals surface area contributed by atoms with Crippen LogP contribution in [0.3, 0.4) is 0 Å². The molecule has 1 aromatic heterocycles. The van der Waals surface area contributed by atoms with E-state index >= 15 is 0 Å². The van der Waals surface area contributed by atoms with E-state index in [9.17, 15) is 13.2 Å². The number of rotatable bonds is 5. The van der Waals surface area contributed by atoms with Crippen LogP contribution >= 0.6 is 0 Å². The van der Waals surface area contributed by atoms with Gasteiger partial charge in [0, 0.05) is 16.8 Å². The number of benzene rings is 2. The second-order valence-electron chi connectivity index (χ2n) is 7.14. The molecule has 3 aromatic rings. The van der Waals surface area contributed by atoms with Crippen molar-refractivity contribution in [3.63, 3.8) is 0 Å². The predicted molar refractivity (Wildman–Crippen MR) is 104 cm³/mol. The molecule has 0 saturated carbocycles. The van der Waals surface area contributed by atoms with E-state index in [-0.39, 0.29) is 10.8 Å². The number of sulfonamides is 1. The van der Waals surface area contributed by atoms with Crippen LogP contribution in [-0.2, 0) is 10.0 Å². The van der Waals surface area contributed by atoms with Crippen LogP contribution in [0.25, 0.3) is 5.69 Å². The molecular formula is C18H20N6O3S. The van der Waals surface area contributed by atoms with Gasteiger partial charge in [0.1, 0.15) is 6.33 Å². The maximum Gasteiger partial charge on any atom is 0.255 e. The third kappa shape index (κ3) is 4.78. The molecule has 0 aliphatic carbocycles. The second kappa shape index (κ2) is 7.49. The molecule has 2 aromatic carbocycles. The molecule has 0 unspecified atom stereocenters. The van der Waals surface area contributed by atoms with Gasteiger partial charge in [0.05, 0.1) is 10.6 Å². The number of hydrogen-bond donors (Lipinski definition) is 2. The van der Waals surface area contributed by atoms with Crippen LogP contribution in [0.5, 0.6) is 0 Å². The summed E-state index contributed by atoms with van der Waals surface area (Å²) in [5.74, 6) is -0.345. The Balaban J connectivity index is 1.70. The lowest BCUT2D eigenvalue weighted by Gasteiger charge is -2.20. The zero-order valence-corrected chi connectivity index (χ0v) is 16.4. The monoisotopic (exact) mass is 400 g/mol. The number of hydrogen-bond acceptors (Lipinski definition) is 6. The summed E-state index contributed by atoms with van der Waals surface area (Å²) in [4.78, 5) is 12.5. The number of carbonyl (C=O) groups excluding carboxylic acids is 1. The molecule has 28 heavy (non-hydrogen) atoms. The Hall–Kier alpha value is -3.11. The number of amides is 1. The average molecular weight is 400 g/mol. The predicted octanol–water partition coefficient (Wildman–Crippen LogP) is 1.99. The zero-order valence-electron chi connectivity index (χ0n) is 15.6. The molecule has 2 N–H and O–H groups in total. The molecule has 1 heterocycles. The minimum Gasteiger partial charge on any atom is -0.322 e. The van der Waals surface area contributed by atoms with Gasteiger partial charge < -0.3 is 5.32 Å². The van der Waals surface area contributed by atoms with Crippen molar-refractivity contribution in [2.24, 2.45) is 0 Å². The fourth-order valence-corrected chi connectivity index (χ4v) is 3.85. The van der Waals surface area contributed by atoms with Crippen molar-refractivity contribution in [2.45, 2.75) is 31.2 Å². The van der Waals surface area contributed by atoms with Crippen LogP contribution in [0, 0.1) is 0 Å². The van der Waals surface area contributed by atoms with Crippen molar-refractivity contribution in [3.05, 3.63) is 60.4 Å². The quantitative estimate of drug-likeness (QED) is 0.676. The lowest BCUT2D eigenvalue weighted by molar-refractivity contribution is 0.102. The number of nitrogens with one attached hydrogen (secondary N) is 2. The summed E-state index contributed by atoms with van der Waals surface area (Å²) < 4.78 is 28.7. The Morgan fingerprint density at radius 1 is 1.00 bits per heavy atom. The van der Waals surface area contributed by atoms with Gasteiger partial charge in [0.15, 0.2) is 0 Å². The highest BCUT2D eigenvalue weighted by atomic mass is 32.2. The molecule has 1 amide bonds. The Kier molecular flexibility index (Phi) is 5.25. The highest BCUT2D eigenvalue weighted by Gasteiger charge is 2.22. The van der Waals surface area contributed by atoms with Gasteiger partial charge in [-0.15, -0.1) is 5.10 Å². The van der Waals surface area contributed by atoms with Gasteiger partial charge in [-0.1, -0.05) is 0 Å². The van der Waals surface area contributed by atoms with E-state index in [4.69, 9.17) is 0 Å². The van der Waals surface area contributed by atoms with Gasteiger partial charge in [-0.25, -0.2) is 17.8 Å². The molecule has 3 rings (SSSR count). The van der Waals surface area contributed by atoms with Crippen LogP contribution in [0.15, 0.2) is 59.8 Å². The Morgan fingerprint density at radius 3 is 2.18 bits per heavy atom. The molecule has 0 radical (unpaired) electrons. The van der Waals surface area contributed by atoms with Crippen molar-refractivity contribution in [1.82, 2.24) is 24.9 Å². The van der Waals surface area contributed by atoms with Crippen LogP contribution in [-0.4, -0.2) is 40.1 Å². The van der Waals surface area contributed by atoms with Crippen molar-refractivity contribution >= 4 is 21.6 Å². The first kappa shape index (κ1) is 19.6. The Bertz CT molecular complexity index is 1050. The van der Waals surface area contributed by atoms with Crippen LogP contribution in [0.1, 0.15) is 31.1 Å². The fourth-order valence-electron chi connectivity index (χ4n) is 2.43. The first-order valence-corrected chi connectivity index (χ1v) is 9.91. The minimum absolute atomic E-state index is 0.102. The average Bonchev–Trinajstić information content (AvgIpc) is 3.15. The highest BCUT2D eigenvalue weighted by Crippen LogP contribution is 2.16. The molecule has 0 aliphatic heterocycles. The highest BCUT2D eigenvalue weighted by molar-refractivity contribution is 7.89. The second-order valence-corrected chi connectivity index (χ2v) is 8.82. The number of carbonyl (C=O) groups is 1. The summed E-state index contributed by atoms with van der Waals surface area (Å²) in [5.41, 5.74) is 1.10. The van der Waals surface area contributed by atoms with Crippen LogP contribution in [0.2, 0.25) is 0 Å². The first-order valence-electron chi connectivity index (χ1n) is 8.43. The minimum atomic E-state index is -3.65. The molecule has 0 fully saturated rings. The number of aromatic nitrogens is 4. The van der Waals surface area contributed by atoms with Crippen molar-refractivity contribution in [1.29, 1.82) is 0 Å². The Morgan fingerprint density at radius 2 is 1.64 bits per heavy atom. The van der Waals surface area contributed by atoms with E-state index in [0.717, 1.165) is 5.69 Å². The van der Waals surface area contributed by atoms with Crippen molar-refractivity contribution in [3.8, 4) is 5.69 Å². The summed E-state index contributed by atoms with van der Waals surface area (Å²) in [6, 6.07) is 12.7. The standard InChI is InChI=1S/C18H20N6O3S/c1-18(2,3)21-28(26,27)16-10-4-13(5-11-16)17(25)20-14-6-8-15(9-7-14)24-12-19-22-23-24/h4-12,21H,1-3H3,(H,20,25). The van der Waals surface area contributed by atoms with E-state index in [1.807, 2.05) is 0 Å². The Labute approximate surface area is 162 Å². The van der Waals surface area contributed by atoms with Gasteiger partial charge in [0.2, 0.25) is 10.0 Å². The SMILES string of the molecule is CC(C)(C)NS(=O)(=O)c1ccc(C(=O)Nc2ccc(-n3cnnn3)cc2)cc1. The third-order valence-corrected chi connectivity index (χ3v) is 5.38.